The number of hydrogen-bond donors (Lipinski definition) is 1. The van der Waals surface area contributed by atoms with Gasteiger partial charge in [0.1, 0.15) is 6.61 Å². The number of nitrogens with zero attached hydrogens (tertiary/aromatic N) is 1. The average Bonchev–Trinajstić information content (AvgIpc) is 2.73. The molecule has 0 radical (unpaired) electrons. The molecule has 2 rings (SSSR count). The number of ether oxygens (including phenoxy) is 4. The van der Waals surface area contributed by atoms with Crippen LogP contribution in [0.15, 0.2) is 53.5 Å². The van der Waals surface area contributed by atoms with Gasteiger partial charge in [0.15, 0.2) is 5.75 Å². The van der Waals surface area contributed by atoms with Gasteiger partial charge in [-0.3, -0.25) is 4.79 Å². The first-order chi connectivity index (χ1) is 13.8. The van der Waals surface area contributed by atoms with Gasteiger partial charge in [0.05, 0.1) is 39.6 Å². The summed E-state index contributed by atoms with van der Waals surface area (Å²) >= 11 is 0. The van der Waals surface area contributed by atoms with Gasteiger partial charge in [0.25, 0.3) is 5.56 Å². The molecular formula is C21H29NO6. The number of rotatable bonds is 15. The summed E-state index contributed by atoms with van der Waals surface area (Å²) in [5.41, 5.74) is 0.887. The van der Waals surface area contributed by atoms with Crippen LogP contribution in [0.2, 0.25) is 0 Å². The van der Waals surface area contributed by atoms with Crippen LogP contribution in [-0.4, -0.2) is 55.9 Å². The number of aliphatic hydroxyl groups is 1. The van der Waals surface area contributed by atoms with Crippen molar-refractivity contribution in [2.75, 3.05) is 46.2 Å². The first kappa shape index (κ1) is 22.1. The second-order valence-corrected chi connectivity index (χ2v) is 6.06. The number of pyridine rings is 1. The quantitative estimate of drug-likeness (QED) is 0.467. The lowest BCUT2D eigenvalue weighted by molar-refractivity contribution is 0.00703. The number of aryl methyl sites for hydroxylation is 1. The molecule has 2 aromatic rings. The monoisotopic (exact) mass is 391 g/mol. The molecule has 0 atom stereocenters. The van der Waals surface area contributed by atoms with E-state index in [2.05, 4.69) is 0 Å². The molecule has 0 spiro atoms. The van der Waals surface area contributed by atoms with E-state index in [9.17, 15) is 4.79 Å². The van der Waals surface area contributed by atoms with Gasteiger partial charge in [-0.05, 0) is 24.1 Å². The lowest BCUT2D eigenvalue weighted by atomic mass is 10.2. The molecule has 1 aromatic carbocycles. The van der Waals surface area contributed by atoms with Gasteiger partial charge >= 0.3 is 0 Å². The summed E-state index contributed by atoms with van der Waals surface area (Å²) in [6, 6.07) is 13.3. The Labute approximate surface area is 165 Å². The zero-order valence-electron chi connectivity index (χ0n) is 16.1. The van der Waals surface area contributed by atoms with E-state index >= 15 is 0 Å². The van der Waals surface area contributed by atoms with Crippen LogP contribution in [0.4, 0.5) is 0 Å². The van der Waals surface area contributed by atoms with Crippen molar-refractivity contribution < 1.29 is 24.1 Å². The Balaban J connectivity index is 1.60. The molecule has 0 aliphatic carbocycles. The van der Waals surface area contributed by atoms with Gasteiger partial charge in [0, 0.05) is 19.3 Å². The smallest absolute Gasteiger partial charge is 0.292 e. The third kappa shape index (κ3) is 8.67. The first-order valence-corrected chi connectivity index (χ1v) is 9.51. The molecule has 1 N–H and O–H groups in total. The fourth-order valence-electron chi connectivity index (χ4n) is 2.48. The Morgan fingerprint density at radius 3 is 2.21 bits per heavy atom. The highest BCUT2D eigenvalue weighted by Gasteiger charge is 2.04. The summed E-state index contributed by atoms with van der Waals surface area (Å²) in [5, 5.41) is 8.56. The molecule has 7 heteroatoms. The standard InChI is InChI=1S/C21H29NO6/c23-11-13-26-15-17-27-16-14-25-12-5-10-22-9-4-8-20(21(22)24)28-18-19-6-2-1-3-7-19/h1-4,6-9,23H,5,10-18H2. The minimum Gasteiger partial charge on any atom is -0.483 e. The van der Waals surface area contributed by atoms with E-state index in [1.165, 1.54) is 0 Å². The summed E-state index contributed by atoms with van der Waals surface area (Å²) < 4.78 is 23.2. The number of benzene rings is 1. The summed E-state index contributed by atoms with van der Waals surface area (Å²) in [7, 11) is 0. The molecular weight excluding hydrogens is 362 g/mol. The minimum absolute atomic E-state index is 0.0221. The summed E-state index contributed by atoms with van der Waals surface area (Å²) in [6.45, 7) is 3.77. The molecule has 0 saturated heterocycles. The summed E-state index contributed by atoms with van der Waals surface area (Å²) in [4.78, 5) is 12.5. The lowest BCUT2D eigenvalue weighted by Gasteiger charge is -2.10. The average molecular weight is 391 g/mol. The van der Waals surface area contributed by atoms with Crippen LogP contribution in [0.25, 0.3) is 0 Å². The van der Waals surface area contributed by atoms with E-state index in [4.69, 9.17) is 24.1 Å². The van der Waals surface area contributed by atoms with Crippen molar-refractivity contribution in [3.8, 4) is 5.75 Å². The molecule has 0 amide bonds. The maximum Gasteiger partial charge on any atom is 0.292 e. The number of hydrogen-bond acceptors (Lipinski definition) is 6. The fourth-order valence-corrected chi connectivity index (χ4v) is 2.48. The van der Waals surface area contributed by atoms with E-state index in [0.717, 1.165) is 12.0 Å². The molecule has 0 aliphatic rings. The van der Waals surface area contributed by atoms with Crippen molar-refractivity contribution in [1.29, 1.82) is 0 Å². The van der Waals surface area contributed by atoms with Crippen molar-refractivity contribution in [3.05, 3.63) is 64.6 Å². The predicted octanol–water partition coefficient (Wildman–Crippen LogP) is 1.86. The summed E-state index contributed by atoms with van der Waals surface area (Å²) in [5.74, 6) is 0.351. The minimum atomic E-state index is -0.135. The predicted molar refractivity (Wildman–Crippen MR) is 106 cm³/mol. The molecule has 0 unspecified atom stereocenters. The molecule has 28 heavy (non-hydrogen) atoms. The van der Waals surface area contributed by atoms with Gasteiger partial charge in [-0.15, -0.1) is 0 Å². The SMILES string of the molecule is O=c1c(OCc2ccccc2)cccn1CCCOCCOCCOCCO. The van der Waals surface area contributed by atoms with Gasteiger partial charge < -0.3 is 28.6 Å². The van der Waals surface area contributed by atoms with Crippen molar-refractivity contribution in [2.45, 2.75) is 19.6 Å². The second kappa shape index (κ2) is 13.9. The zero-order chi connectivity index (χ0) is 19.9. The Hall–Kier alpha value is -2.19. The molecule has 1 heterocycles. The van der Waals surface area contributed by atoms with Gasteiger partial charge in [-0.25, -0.2) is 0 Å². The van der Waals surface area contributed by atoms with Gasteiger partial charge in [-0.1, -0.05) is 30.3 Å². The van der Waals surface area contributed by atoms with E-state index in [-0.39, 0.29) is 12.2 Å². The Morgan fingerprint density at radius 2 is 1.50 bits per heavy atom. The Morgan fingerprint density at radius 1 is 0.821 bits per heavy atom. The molecule has 1 aromatic heterocycles. The van der Waals surface area contributed by atoms with Gasteiger partial charge in [-0.2, -0.15) is 0 Å². The Bertz CT molecular complexity index is 704. The van der Waals surface area contributed by atoms with Crippen LogP contribution in [0.3, 0.4) is 0 Å². The van der Waals surface area contributed by atoms with Crippen molar-refractivity contribution in [3.63, 3.8) is 0 Å². The van der Waals surface area contributed by atoms with E-state index in [1.54, 1.807) is 16.8 Å². The molecule has 0 saturated carbocycles. The maximum atomic E-state index is 12.5. The lowest BCUT2D eigenvalue weighted by Crippen LogP contribution is -2.22. The van der Waals surface area contributed by atoms with Crippen molar-refractivity contribution >= 4 is 0 Å². The van der Waals surface area contributed by atoms with E-state index < -0.39 is 0 Å². The third-order valence-electron chi connectivity index (χ3n) is 3.89. The van der Waals surface area contributed by atoms with E-state index in [1.807, 2.05) is 36.4 Å². The van der Waals surface area contributed by atoms with Crippen LogP contribution >= 0.6 is 0 Å². The molecule has 0 fully saturated rings. The maximum absolute atomic E-state index is 12.5. The van der Waals surface area contributed by atoms with Crippen LogP contribution in [0, 0.1) is 0 Å². The largest absolute Gasteiger partial charge is 0.483 e. The fraction of sp³-hybridized carbons (Fsp3) is 0.476. The van der Waals surface area contributed by atoms with Crippen molar-refractivity contribution in [1.82, 2.24) is 4.57 Å². The first-order valence-electron chi connectivity index (χ1n) is 9.51. The van der Waals surface area contributed by atoms with Crippen LogP contribution in [0.1, 0.15) is 12.0 Å². The highest BCUT2D eigenvalue weighted by atomic mass is 16.5. The third-order valence-corrected chi connectivity index (χ3v) is 3.89. The van der Waals surface area contributed by atoms with Crippen LogP contribution in [0.5, 0.6) is 5.75 Å². The van der Waals surface area contributed by atoms with Crippen LogP contribution in [-0.2, 0) is 27.4 Å². The van der Waals surface area contributed by atoms with E-state index in [0.29, 0.717) is 58.5 Å². The Kier molecular flexibility index (Phi) is 11.0. The number of aromatic nitrogens is 1. The molecule has 154 valence electrons. The topological polar surface area (TPSA) is 79.2 Å². The molecule has 0 bridgehead atoms. The molecule has 7 nitrogen and oxygen atoms in total. The van der Waals surface area contributed by atoms with Crippen molar-refractivity contribution in [2.24, 2.45) is 0 Å². The molecule has 0 aliphatic heterocycles. The van der Waals surface area contributed by atoms with Crippen LogP contribution < -0.4 is 10.3 Å². The normalized spacial score (nSPS) is 10.9. The summed E-state index contributed by atoms with van der Waals surface area (Å²) in [6.07, 6.45) is 2.48. The highest BCUT2D eigenvalue weighted by Crippen LogP contribution is 2.07. The number of aliphatic hydroxyl groups excluding tert-OH is 1. The van der Waals surface area contributed by atoms with Gasteiger partial charge in [0.2, 0.25) is 0 Å². The highest BCUT2D eigenvalue weighted by molar-refractivity contribution is 5.19. The zero-order valence-corrected chi connectivity index (χ0v) is 16.1. The second-order valence-electron chi connectivity index (χ2n) is 6.06.